The van der Waals surface area contributed by atoms with Crippen LogP contribution in [0.1, 0.15) is 116 Å². The SMILES string of the molecule is CCC1CCC(COCC2CCC(CO)CC2)CC1.O=C(OCC1CCC(CO)CC1)C1CCC(CO)CC1. The maximum absolute atomic E-state index is 12.0. The molecule has 228 valence electrons. The lowest BCUT2D eigenvalue weighted by Crippen LogP contribution is -2.27. The van der Waals surface area contributed by atoms with Gasteiger partial charge in [-0.2, -0.15) is 0 Å². The Bertz CT molecular complexity index is 600. The van der Waals surface area contributed by atoms with Crippen LogP contribution in [0.5, 0.6) is 0 Å². The van der Waals surface area contributed by atoms with E-state index in [0.29, 0.717) is 43.5 Å². The summed E-state index contributed by atoms with van der Waals surface area (Å²) in [7, 11) is 0. The Morgan fingerprint density at radius 2 is 0.846 bits per heavy atom. The summed E-state index contributed by atoms with van der Waals surface area (Å²) < 4.78 is 11.5. The van der Waals surface area contributed by atoms with Crippen LogP contribution in [0, 0.1) is 47.3 Å². The minimum atomic E-state index is -0.0364. The fourth-order valence-corrected chi connectivity index (χ4v) is 7.27. The van der Waals surface area contributed by atoms with Crippen LogP contribution in [0.25, 0.3) is 0 Å². The summed E-state index contributed by atoms with van der Waals surface area (Å²) in [6, 6.07) is 0. The van der Waals surface area contributed by atoms with Crippen molar-refractivity contribution in [2.24, 2.45) is 47.3 Å². The number of aliphatic hydroxyl groups is 3. The van der Waals surface area contributed by atoms with Crippen LogP contribution in [0.4, 0.5) is 0 Å². The second-order valence-electron chi connectivity index (χ2n) is 13.5. The predicted molar refractivity (Wildman–Crippen MR) is 155 cm³/mol. The summed E-state index contributed by atoms with van der Waals surface area (Å²) >= 11 is 0. The molecule has 0 unspecified atom stereocenters. The van der Waals surface area contributed by atoms with E-state index in [2.05, 4.69) is 6.92 Å². The normalized spacial score (nSPS) is 35.5. The van der Waals surface area contributed by atoms with E-state index in [9.17, 15) is 4.79 Å². The largest absolute Gasteiger partial charge is 0.465 e. The van der Waals surface area contributed by atoms with Crippen LogP contribution in [0.3, 0.4) is 0 Å². The lowest BCUT2D eigenvalue weighted by molar-refractivity contribution is -0.152. The molecule has 39 heavy (non-hydrogen) atoms. The van der Waals surface area contributed by atoms with Gasteiger partial charge in [-0.3, -0.25) is 4.79 Å². The van der Waals surface area contributed by atoms with Crippen molar-refractivity contribution in [3.8, 4) is 0 Å². The number of esters is 1. The van der Waals surface area contributed by atoms with Crippen LogP contribution in [0.2, 0.25) is 0 Å². The van der Waals surface area contributed by atoms with Crippen LogP contribution in [-0.2, 0) is 14.3 Å². The van der Waals surface area contributed by atoms with Gasteiger partial charge in [-0.25, -0.2) is 0 Å². The number of hydrogen-bond donors (Lipinski definition) is 3. The molecule has 0 spiro atoms. The van der Waals surface area contributed by atoms with Crippen molar-refractivity contribution in [3.63, 3.8) is 0 Å². The van der Waals surface area contributed by atoms with Crippen molar-refractivity contribution in [1.29, 1.82) is 0 Å². The zero-order valence-corrected chi connectivity index (χ0v) is 24.9. The third-order valence-corrected chi connectivity index (χ3v) is 10.6. The number of rotatable bonds is 11. The fourth-order valence-electron chi connectivity index (χ4n) is 7.27. The molecule has 0 bridgehead atoms. The minimum Gasteiger partial charge on any atom is -0.465 e. The van der Waals surface area contributed by atoms with Crippen molar-refractivity contribution < 1.29 is 29.6 Å². The average molecular weight is 553 g/mol. The summed E-state index contributed by atoms with van der Waals surface area (Å²) in [6.07, 6.45) is 19.7. The molecule has 0 heterocycles. The van der Waals surface area contributed by atoms with E-state index in [0.717, 1.165) is 82.3 Å². The van der Waals surface area contributed by atoms with Crippen molar-refractivity contribution in [1.82, 2.24) is 0 Å². The van der Waals surface area contributed by atoms with E-state index in [1.165, 1.54) is 57.8 Å². The molecule has 4 rings (SSSR count). The molecule has 6 heteroatoms. The van der Waals surface area contributed by atoms with Crippen LogP contribution < -0.4 is 0 Å². The Kier molecular flexibility index (Phi) is 15.7. The van der Waals surface area contributed by atoms with Gasteiger partial charge in [0.1, 0.15) is 0 Å². The highest BCUT2D eigenvalue weighted by Gasteiger charge is 2.28. The molecule has 0 amide bonds. The number of carbonyl (C=O) groups excluding carboxylic acids is 1. The molecule has 0 aromatic rings. The molecule has 0 aromatic heterocycles. The quantitative estimate of drug-likeness (QED) is 0.266. The molecule has 4 aliphatic rings. The Labute approximate surface area is 238 Å². The average Bonchev–Trinajstić information content (AvgIpc) is 3.01. The summed E-state index contributed by atoms with van der Waals surface area (Å²) in [5.41, 5.74) is 0. The lowest BCUT2D eigenvalue weighted by atomic mass is 9.81. The van der Waals surface area contributed by atoms with Crippen LogP contribution in [-0.4, -0.2) is 60.9 Å². The van der Waals surface area contributed by atoms with Gasteiger partial charge in [0.25, 0.3) is 0 Å². The van der Waals surface area contributed by atoms with Gasteiger partial charge in [-0.15, -0.1) is 0 Å². The first-order valence-corrected chi connectivity index (χ1v) is 16.6. The number of aliphatic hydroxyl groups excluding tert-OH is 3. The Hall–Kier alpha value is -0.690. The van der Waals surface area contributed by atoms with E-state index in [1.807, 2.05) is 0 Å². The molecule has 4 saturated carbocycles. The van der Waals surface area contributed by atoms with E-state index in [1.54, 1.807) is 0 Å². The van der Waals surface area contributed by atoms with Gasteiger partial charge in [0.15, 0.2) is 0 Å². The standard InChI is InChI=1S/C17H32O2.C16H28O4/c1-2-14-3-7-16(8-4-14)12-19-13-17-9-5-15(11-18)6-10-17;17-9-12-1-3-14(4-2-12)11-20-16(19)15-7-5-13(10-18)6-8-15/h14-18H,2-13H2,1H3;12-15,17-18H,1-11H2. The zero-order chi connectivity index (χ0) is 27.9. The highest BCUT2D eigenvalue weighted by molar-refractivity contribution is 5.72. The summed E-state index contributed by atoms with van der Waals surface area (Å²) in [4.78, 5) is 12.0. The smallest absolute Gasteiger partial charge is 0.308 e. The van der Waals surface area contributed by atoms with Crippen LogP contribution >= 0.6 is 0 Å². The molecular weight excluding hydrogens is 492 g/mol. The van der Waals surface area contributed by atoms with Gasteiger partial charge in [0, 0.05) is 33.0 Å². The molecule has 0 aliphatic heterocycles. The minimum absolute atomic E-state index is 0.0364. The van der Waals surface area contributed by atoms with E-state index in [-0.39, 0.29) is 18.5 Å². The van der Waals surface area contributed by atoms with E-state index < -0.39 is 0 Å². The third kappa shape index (κ3) is 12.0. The highest BCUT2D eigenvalue weighted by Crippen LogP contribution is 2.33. The van der Waals surface area contributed by atoms with E-state index >= 15 is 0 Å². The first-order chi connectivity index (χ1) is 19.0. The zero-order valence-electron chi connectivity index (χ0n) is 24.9. The van der Waals surface area contributed by atoms with Crippen molar-refractivity contribution >= 4 is 5.97 Å². The highest BCUT2D eigenvalue weighted by atomic mass is 16.5. The topological polar surface area (TPSA) is 96.2 Å². The summed E-state index contributed by atoms with van der Waals surface area (Å²) in [5, 5.41) is 27.3. The summed E-state index contributed by atoms with van der Waals surface area (Å²) in [6.45, 7) is 5.76. The molecule has 0 saturated heterocycles. The summed E-state index contributed by atoms with van der Waals surface area (Å²) in [5.74, 6) is 4.48. The second kappa shape index (κ2) is 18.7. The molecule has 0 aromatic carbocycles. The molecule has 6 nitrogen and oxygen atoms in total. The van der Waals surface area contributed by atoms with Gasteiger partial charge in [-0.1, -0.05) is 26.2 Å². The number of carbonyl (C=O) groups is 1. The third-order valence-electron chi connectivity index (χ3n) is 10.6. The van der Waals surface area contributed by atoms with Gasteiger partial charge in [0.2, 0.25) is 0 Å². The molecule has 4 fully saturated rings. The molecule has 0 atom stereocenters. The number of hydrogen-bond acceptors (Lipinski definition) is 6. The Balaban J connectivity index is 0.000000216. The van der Waals surface area contributed by atoms with Gasteiger partial charge >= 0.3 is 5.97 Å². The first-order valence-electron chi connectivity index (χ1n) is 16.6. The Morgan fingerprint density at radius 3 is 1.23 bits per heavy atom. The van der Waals surface area contributed by atoms with Gasteiger partial charge in [-0.05, 0) is 131 Å². The lowest BCUT2D eigenvalue weighted by Gasteiger charge is -2.30. The molecule has 3 N–H and O–H groups in total. The van der Waals surface area contributed by atoms with Crippen molar-refractivity contribution in [2.75, 3.05) is 39.6 Å². The molecular formula is C33H60O6. The second-order valence-corrected chi connectivity index (χ2v) is 13.5. The van der Waals surface area contributed by atoms with Gasteiger partial charge < -0.3 is 24.8 Å². The maximum atomic E-state index is 12.0. The Morgan fingerprint density at radius 1 is 0.513 bits per heavy atom. The number of ether oxygens (including phenoxy) is 2. The molecule has 0 radical (unpaired) electrons. The maximum Gasteiger partial charge on any atom is 0.308 e. The van der Waals surface area contributed by atoms with Crippen molar-refractivity contribution in [2.45, 2.75) is 116 Å². The van der Waals surface area contributed by atoms with Gasteiger partial charge in [0.05, 0.1) is 12.5 Å². The first kappa shape index (κ1) is 32.8. The van der Waals surface area contributed by atoms with Crippen molar-refractivity contribution in [3.05, 3.63) is 0 Å². The molecule has 4 aliphatic carbocycles. The fraction of sp³-hybridized carbons (Fsp3) is 0.970. The van der Waals surface area contributed by atoms with E-state index in [4.69, 9.17) is 24.8 Å². The predicted octanol–water partition coefficient (Wildman–Crippen LogP) is 6.15. The monoisotopic (exact) mass is 552 g/mol. The van der Waals surface area contributed by atoms with Crippen LogP contribution in [0.15, 0.2) is 0 Å².